The summed E-state index contributed by atoms with van der Waals surface area (Å²) in [5.74, 6) is -0.620. The number of unbranched alkanes of at least 4 members (excludes halogenated alkanes) is 19. The number of phosphoric acid groups is 1. The molecule has 0 spiro atoms. The number of carbonyl (C=O) groups is 2. The summed E-state index contributed by atoms with van der Waals surface area (Å²) < 4.78 is 30.5. The van der Waals surface area contributed by atoms with E-state index in [1.807, 2.05) is 45.4 Å². The van der Waals surface area contributed by atoms with Crippen molar-refractivity contribution in [3.63, 3.8) is 0 Å². The van der Waals surface area contributed by atoms with Gasteiger partial charge in [0.25, 0.3) is 0 Å². The zero-order chi connectivity index (χ0) is 53.6. The van der Waals surface area contributed by atoms with Crippen LogP contribution in [0, 0.1) is 0 Å². The molecule has 2 N–H and O–H groups in total. The van der Waals surface area contributed by atoms with E-state index in [4.69, 9.17) is 13.8 Å². The highest BCUT2D eigenvalue weighted by molar-refractivity contribution is 7.47. The van der Waals surface area contributed by atoms with Crippen LogP contribution in [0.1, 0.15) is 226 Å². The number of hydrogen-bond donors (Lipinski definition) is 2. The molecular formula is C63H110N2O7P+. The van der Waals surface area contributed by atoms with Gasteiger partial charge < -0.3 is 19.4 Å². The normalized spacial score (nSPS) is 14.6. The Kier molecular flexibility index (Phi) is 49.7. The van der Waals surface area contributed by atoms with Crippen LogP contribution in [-0.4, -0.2) is 74.3 Å². The third-order valence-electron chi connectivity index (χ3n) is 12.2. The van der Waals surface area contributed by atoms with Crippen molar-refractivity contribution in [2.45, 2.75) is 238 Å². The summed E-state index contributed by atoms with van der Waals surface area (Å²) in [5.41, 5.74) is 0. The second kappa shape index (κ2) is 52.1. The molecule has 0 aromatic rings. The zero-order valence-corrected chi connectivity index (χ0v) is 48.5. The van der Waals surface area contributed by atoms with Gasteiger partial charge in [-0.3, -0.25) is 18.6 Å². The Morgan fingerprint density at radius 2 is 0.890 bits per heavy atom. The van der Waals surface area contributed by atoms with Crippen LogP contribution in [0.5, 0.6) is 0 Å². The summed E-state index contributed by atoms with van der Waals surface area (Å²) >= 11 is 0. The number of ether oxygens (including phenoxy) is 1. The highest BCUT2D eigenvalue weighted by atomic mass is 31.2. The number of esters is 1. The van der Waals surface area contributed by atoms with Crippen LogP contribution in [0.2, 0.25) is 0 Å². The molecule has 0 aromatic heterocycles. The van der Waals surface area contributed by atoms with E-state index in [-0.39, 0.29) is 37.9 Å². The predicted octanol–water partition coefficient (Wildman–Crippen LogP) is 17.8. The molecule has 0 bridgehead atoms. The summed E-state index contributed by atoms with van der Waals surface area (Å²) in [6, 6.07) is -0.898. The fraction of sp³-hybridized carbons (Fsp3) is 0.683. The number of carbonyl (C=O) groups excluding carboxylic acids is 2. The van der Waals surface area contributed by atoms with Crippen molar-refractivity contribution >= 4 is 19.7 Å². The van der Waals surface area contributed by atoms with Crippen molar-refractivity contribution in [1.29, 1.82) is 0 Å². The van der Waals surface area contributed by atoms with Gasteiger partial charge in [0.2, 0.25) is 5.91 Å². The Balaban J connectivity index is 5.43. The van der Waals surface area contributed by atoms with Crippen LogP contribution < -0.4 is 5.32 Å². The van der Waals surface area contributed by atoms with Crippen molar-refractivity contribution in [3.05, 3.63) is 109 Å². The van der Waals surface area contributed by atoms with Gasteiger partial charge in [-0.1, -0.05) is 220 Å². The van der Waals surface area contributed by atoms with Crippen LogP contribution in [0.4, 0.5) is 0 Å². The molecule has 1 amide bonds. The lowest BCUT2D eigenvalue weighted by atomic mass is 10.1. The molecule has 0 aromatic carbocycles. The fourth-order valence-electron chi connectivity index (χ4n) is 7.70. The highest BCUT2D eigenvalue weighted by Crippen LogP contribution is 2.43. The van der Waals surface area contributed by atoms with Crippen molar-refractivity contribution in [2.24, 2.45) is 0 Å². The molecule has 0 saturated carbocycles. The fourth-order valence-corrected chi connectivity index (χ4v) is 8.43. The molecule has 3 atom stereocenters. The van der Waals surface area contributed by atoms with Crippen LogP contribution in [-0.2, 0) is 27.9 Å². The highest BCUT2D eigenvalue weighted by Gasteiger charge is 2.30. The first-order valence-corrected chi connectivity index (χ1v) is 30.7. The van der Waals surface area contributed by atoms with Gasteiger partial charge in [0.1, 0.15) is 19.3 Å². The molecule has 0 aliphatic heterocycles. The maximum Gasteiger partial charge on any atom is 0.472 e. The molecule has 73 heavy (non-hydrogen) atoms. The molecule has 0 saturated heterocycles. The molecule has 0 heterocycles. The molecule has 9 nitrogen and oxygen atoms in total. The van der Waals surface area contributed by atoms with E-state index in [0.717, 1.165) is 89.9 Å². The number of nitrogens with one attached hydrogen (secondary N) is 1. The van der Waals surface area contributed by atoms with Gasteiger partial charge in [0, 0.05) is 12.8 Å². The Bertz CT molecular complexity index is 1620. The van der Waals surface area contributed by atoms with Gasteiger partial charge >= 0.3 is 13.8 Å². The number of phosphoric ester groups is 1. The third kappa shape index (κ3) is 53.3. The second-order valence-electron chi connectivity index (χ2n) is 20.4. The molecule has 0 fully saturated rings. The Morgan fingerprint density at radius 3 is 1.37 bits per heavy atom. The SMILES string of the molecule is CC/C=C\C/C=C\C/C=C\C/C=C\C/C=C\C/C=C\CCC(=O)NC(COP(=O)(O)OCC[N+](C)(C)C)C(/C=C/CCCCCCCCCCC)OC(=O)CCCCCCCCC/C=C\C/C=C\CCCCC. The molecule has 10 heteroatoms. The maximum absolute atomic E-state index is 13.5. The molecule has 0 aliphatic carbocycles. The monoisotopic (exact) mass is 1040 g/mol. The smallest absolute Gasteiger partial charge is 0.456 e. The number of allylic oxidation sites excluding steroid dienone is 17. The van der Waals surface area contributed by atoms with Gasteiger partial charge in [0.05, 0.1) is 33.8 Å². The van der Waals surface area contributed by atoms with E-state index in [1.54, 1.807) is 0 Å². The van der Waals surface area contributed by atoms with E-state index >= 15 is 0 Å². The van der Waals surface area contributed by atoms with Gasteiger partial charge in [-0.25, -0.2) is 4.57 Å². The first-order valence-electron chi connectivity index (χ1n) is 29.2. The summed E-state index contributed by atoms with van der Waals surface area (Å²) in [5, 5.41) is 2.99. The minimum atomic E-state index is -4.47. The maximum atomic E-state index is 13.5. The lowest BCUT2D eigenvalue weighted by molar-refractivity contribution is -0.870. The van der Waals surface area contributed by atoms with Gasteiger partial charge in [-0.15, -0.1) is 0 Å². The van der Waals surface area contributed by atoms with Gasteiger partial charge in [0.15, 0.2) is 0 Å². The standard InChI is InChI=1S/C63H109N2O7P/c1-7-10-13-16-19-22-25-27-29-31-32-34-35-37-40-43-46-49-52-55-62(66)64-60(59-71-73(68,69)70-58-57-65(4,5)6)61(54-51-48-45-42-39-24-21-18-15-12-9-3)72-63(67)56-53-50-47-44-41-38-36-33-30-28-26-23-20-17-14-11-8-2/h10,13,19-20,22-23,27-30,32,34,37,40,46,49,51,54,60-61H,7-9,11-12,14-18,21,24-26,31,33,35-36,38-39,41-45,47-48,50,52-53,55-59H2,1-6H3,(H-,64,66,68,69)/p+1/b13-10-,22-19-,23-20-,29-27-,30-28-,34-32-,40-37-,49-46-,54-51+. The van der Waals surface area contributed by atoms with E-state index < -0.39 is 20.0 Å². The Morgan fingerprint density at radius 1 is 0.493 bits per heavy atom. The lowest BCUT2D eigenvalue weighted by Gasteiger charge is -2.27. The van der Waals surface area contributed by atoms with Crippen LogP contribution in [0.3, 0.4) is 0 Å². The van der Waals surface area contributed by atoms with Crippen LogP contribution >= 0.6 is 7.82 Å². The molecule has 3 unspecified atom stereocenters. The first kappa shape index (κ1) is 69.7. The minimum absolute atomic E-state index is 0.0199. The number of quaternary nitrogens is 1. The number of hydrogen-bond acceptors (Lipinski definition) is 6. The summed E-state index contributed by atoms with van der Waals surface area (Å²) in [7, 11) is 1.43. The average Bonchev–Trinajstić information content (AvgIpc) is 3.35. The van der Waals surface area contributed by atoms with E-state index in [9.17, 15) is 19.0 Å². The average molecular weight is 1040 g/mol. The molecule has 0 aliphatic rings. The minimum Gasteiger partial charge on any atom is -0.456 e. The molecule has 0 radical (unpaired) electrons. The topological polar surface area (TPSA) is 111 Å². The molecular weight excluding hydrogens is 928 g/mol. The van der Waals surface area contributed by atoms with E-state index in [1.165, 1.54) is 89.9 Å². The predicted molar refractivity (Wildman–Crippen MR) is 313 cm³/mol. The van der Waals surface area contributed by atoms with Crippen LogP contribution in [0.15, 0.2) is 109 Å². The third-order valence-corrected chi connectivity index (χ3v) is 13.2. The summed E-state index contributed by atoms with van der Waals surface area (Å²) in [6.07, 6.45) is 71.0. The van der Waals surface area contributed by atoms with E-state index in [0.29, 0.717) is 23.9 Å². The van der Waals surface area contributed by atoms with Crippen molar-refractivity contribution in [2.75, 3.05) is 40.9 Å². The molecule has 418 valence electrons. The Hall–Kier alpha value is -3.33. The summed E-state index contributed by atoms with van der Waals surface area (Å²) in [4.78, 5) is 37.6. The first-order chi connectivity index (χ1) is 35.4. The quantitative estimate of drug-likeness (QED) is 0.0205. The van der Waals surface area contributed by atoms with Gasteiger partial charge in [-0.2, -0.15) is 0 Å². The van der Waals surface area contributed by atoms with Crippen molar-refractivity contribution < 1.29 is 37.3 Å². The van der Waals surface area contributed by atoms with Crippen LogP contribution in [0.25, 0.3) is 0 Å². The van der Waals surface area contributed by atoms with Crippen molar-refractivity contribution in [3.8, 4) is 0 Å². The number of nitrogens with zero attached hydrogens (tertiary/aromatic N) is 1. The number of likely N-dealkylation sites (N-methyl/N-ethyl adjacent to an activating group) is 1. The van der Waals surface area contributed by atoms with Crippen molar-refractivity contribution in [1.82, 2.24) is 5.32 Å². The zero-order valence-electron chi connectivity index (χ0n) is 47.6. The second-order valence-corrected chi connectivity index (χ2v) is 21.9. The number of amides is 1. The number of rotatable bonds is 51. The lowest BCUT2D eigenvalue weighted by Crippen LogP contribution is -2.47. The van der Waals surface area contributed by atoms with Gasteiger partial charge in [-0.05, 0) is 102 Å². The van der Waals surface area contributed by atoms with E-state index in [2.05, 4.69) is 111 Å². The molecule has 0 rings (SSSR count). The largest absolute Gasteiger partial charge is 0.472 e. The Labute approximate surface area is 449 Å². The summed E-state index contributed by atoms with van der Waals surface area (Å²) in [6.45, 7) is 6.78.